The maximum absolute atomic E-state index is 2.50. The summed E-state index contributed by atoms with van der Waals surface area (Å²) in [6, 6.07) is 0. The van der Waals surface area contributed by atoms with Gasteiger partial charge in [-0.3, -0.25) is 0 Å². The zero-order valence-electron chi connectivity index (χ0n) is 9.95. The maximum Gasteiger partial charge on any atom is -0.0321 e. The van der Waals surface area contributed by atoms with Gasteiger partial charge in [0, 0.05) is 0 Å². The van der Waals surface area contributed by atoms with E-state index in [1.54, 1.807) is 0 Å². The van der Waals surface area contributed by atoms with E-state index in [4.69, 9.17) is 0 Å². The predicted molar refractivity (Wildman–Crippen MR) is 59.9 cm³/mol. The Morgan fingerprint density at radius 1 is 1.00 bits per heavy atom. The molecule has 1 unspecified atom stereocenters. The van der Waals surface area contributed by atoms with Gasteiger partial charge in [-0.05, 0) is 36.5 Å². The molecule has 0 aromatic rings. The fraction of sp³-hybridized carbons (Fsp3) is 1.00. The quantitative estimate of drug-likeness (QED) is 0.549. The third-order valence-electron chi connectivity index (χ3n) is 3.69. The van der Waals surface area contributed by atoms with Crippen molar-refractivity contribution in [2.24, 2.45) is 10.8 Å². The summed E-state index contributed by atoms with van der Waals surface area (Å²) in [5.74, 6) is 0. The molecule has 0 saturated heterocycles. The SMILES string of the molecule is CCCCCC1(C)CCC(C)(C)C1. The van der Waals surface area contributed by atoms with Crippen LogP contribution in [0.1, 0.15) is 72.6 Å². The van der Waals surface area contributed by atoms with Gasteiger partial charge in [0.15, 0.2) is 0 Å². The molecular weight excluding hydrogens is 156 g/mol. The lowest BCUT2D eigenvalue weighted by atomic mass is 9.79. The Morgan fingerprint density at radius 3 is 2.15 bits per heavy atom. The Balaban J connectivity index is 2.32. The largest absolute Gasteiger partial charge is 0.0654 e. The summed E-state index contributed by atoms with van der Waals surface area (Å²) in [7, 11) is 0. The molecule has 0 nitrogen and oxygen atoms in total. The van der Waals surface area contributed by atoms with Gasteiger partial charge in [0.2, 0.25) is 0 Å². The van der Waals surface area contributed by atoms with E-state index in [1.165, 1.54) is 44.9 Å². The van der Waals surface area contributed by atoms with Gasteiger partial charge in [-0.25, -0.2) is 0 Å². The van der Waals surface area contributed by atoms with Crippen LogP contribution in [0.2, 0.25) is 0 Å². The van der Waals surface area contributed by atoms with Crippen molar-refractivity contribution in [3.8, 4) is 0 Å². The molecule has 1 aliphatic rings. The van der Waals surface area contributed by atoms with E-state index in [-0.39, 0.29) is 0 Å². The summed E-state index contributed by atoms with van der Waals surface area (Å²) >= 11 is 0. The van der Waals surface area contributed by atoms with Crippen molar-refractivity contribution in [3.63, 3.8) is 0 Å². The lowest BCUT2D eigenvalue weighted by Crippen LogP contribution is -2.14. The number of unbranched alkanes of at least 4 members (excludes halogenated alkanes) is 2. The van der Waals surface area contributed by atoms with E-state index in [0.717, 1.165) is 0 Å². The second-order valence-electron chi connectivity index (χ2n) is 6.11. The second kappa shape index (κ2) is 4.02. The normalized spacial score (nSPS) is 32.3. The first-order chi connectivity index (χ1) is 5.97. The zero-order chi connectivity index (χ0) is 9.95. The smallest absolute Gasteiger partial charge is 0.0321 e. The van der Waals surface area contributed by atoms with E-state index in [1.807, 2.05) is 0 Å². The highest BCUT2D eigenvalue weighted by molar-refractivity contribution is 4.90. The molecule has 0 aromatic carbocycles. The Hall–Kier alpha value is 0. The minimum absolute atomic E-state index is 0.626. The Morgan fingerprint density at radius 2 is 1.69 bits per heavy atom. The lowest BCUT2D eigenvalue weighted by molar-refractivity contribution is 0.253. The first kappa shape index (κ1) is 11.1. The average molecular weight is 182 g/mol. The third-order valence-corrected chi connectivity index (χ3v) is 3.69. The maximum atomic E-state index is 2.50. The van der Waals surface area contributed by atoms with Crippen LogP contribution in [0.5, 0.6) is 0 Å². The van der Waals surface area contributed by atoms with Crippen LogP contribution >= 0.6 is 0 Å². The fourth-order valence-corrected chi connectivity index (χ4v) is 2.99. The molecule has 78 valence electrons. The van der Waals surface area contributed by atoms with Crippen LogP contribution in [-0.2, 0) is 0 Å². The van der Waals surface area contributed by atoms with Crippen LogP contribution in [0.4, 0.5) is 0 Å². The van der Waals surface area contributed by atoms with Crippen molar-refractivity contribution in [1.29, 1.82) is 0 Å². The van der Waals surface area contributed by atoms with E-state index in [9.17, 15) is 0 Å². The summed E-state index contributed by atoms with van der Waals surface area (Å²) in [4.78, 5) is 0. The van der Waals surface area contributed by atoms with Gasteiger partial charge in [0.1, 0.15) is 0 Å². The molecule has 0 heteroatoms. The van der Waals surface area contributed by atoms with Gasteiger partial charge in [0.25, 0.3) is 0 Å². The highest BCUT2D eigenvalue weighted by atomic mass is 14.4. The van der Waals surface area contributed by atoms with E-state index < -0.39 is 0 Å². The van der Waals surface area contributed by atoms with E-state index >= 15 is 0 Å². The molecule has 13 heavy (non-hydrogen) atoms. The van der Waals surface area contributed by atoms with Gasteiger partial charge in [-0.1, -0.05) is 47.0 Å². The molecular formula is C13H26. The fourth-order valence-electron chi connectivity index (χ4n) is 2.99. The third kappa shape index (κ3) is 3.32. The van der Waals surface area contributed by atoms with Crippen molar-refractivity contribution in [2.45, 2.75) is 72.6 Å². The standard InChI is InChI=1S/C13H26/c1-5-6-7-8-13(4)10-9-12(2,3)11-13/h5-11H2,1-4H3. The van der Waals surface area contributed by atoms with Crippen LogP contribution in [0.25, 0.3) is 0 Å². The van der Waals surface area contributed by atoms with Gasteiger partial charge >= 0.3 is 0 Å². The highest BCUT2D eigenvalue weighted by Crippen LogP contribution is 2.51. The van der Waals surface area contributed by atoms with Gasteiger partial charge in [-0.15, -0.1) is 0 Å². The first-order valence-corrected chi connectivity index (χ1v) is 5.97. The summed E-state index contributed by atoms with van der Waals surface area (Å²) in [5.41, 5.74) is 1.31. The topological polar surface area (TPSA) is 0 Å². The van der Waals surface area contributed by atoms with E-state index in [2.05, 4.69) is 27.7 Å². The molecule has 1 saturated carbocycles. The van der Waals surface area contributed by atoms with E-state index in [0.29, 0.717) is 10.8 Å². The molecule has 0 heterocycles. The molecule has 0 spiro atoms. The predicted octanol–water partition coefficient (Wildman–Crippen LogP) is 4.78. The summed E-state index contributed by atoms with van der Waals surface area (Å²) in [6.45, 7) is 9.65. The van der Waals surface area contributed by atoms with Crippen LogP contribution in [0, 0.1) is 10.8 Å². The minimum Gasteiger partial charge on any atom is -0.0654 e. The Labute approximate surface area is 84.1 Å². The molecule has 0 bridgehead atoms. The Kier molecular flexibility index (Phi) is 3.43. The van der Waals surface area contributed by atoms with Crippen molar-refractivity contribution < 1.29 is 0 Å². The number of hydrogen-bond donors (Lipinski definition) is 0. The molecule has 0 aliphatic heterocycles. The molecule has 1 aliphatic carbocycles. The van der Waals surface area contributed by atoms with Gasteiger partial charge in [0.05, 0.1) is 0 Å². The zero-order valence-corrected chi connectivity index (χ0v) is 9.95. The summed E-state index contributed by atoms with van der Waals surface area (Å²) in [6.07, 6.45) is 10.0. The minimum atomic E-state index is 0.626. The molecule has 1 atom stereocenters. The molecule has 0 aromatic heterocycles. The van der Waals surface area contributed by atoms with Crippen molar-refractivity contribution in [3.05, 3.63) is 0 Å². The lowest BCUT2D eigenvalue weighted by Gasteiger charge is -2.26. The first-order valence-electron chi connectivity index (χ1n) is 5.97. The summed E-state index contributed by atoms with van der Waals surface area (Å²) < 4.78 is 0. The van der Waals surface area contributed by atoms with Crippen molar-refractivity contribution in [2.75, 3.05) is 0 Å². The molecule has 0 N–H and O–H groups in total. The van der Waals surface area contributed by atoms with Crippen LogP contribution in [0.3, 0.4) is 0 Å². The van der Waals surface area contributed by atoms with Crippen LogP contribution < -0.4 is 0 Å². The van der Waals surface area contributed by atoms with Gasteiger partial charge in [-0.2, -0.15) is 0 Å². The number of rotatable bonds is 4. The number of hydrogen-bond acceptors (Lipinski definition) is 0. The second-order valence-corrected chi connectivity index (χ2v) is 6.11. The highest BCUT2D eigenvalue weighted by Gasteiger charge is 2.38. The van der Waals surface area contributed by atoms with Crippen molar-refractivity contribution >= 4 is 0 Å². The van der Waals surface area contributed by atoms with Crippen molar-refractivity contribution in [1.82, 2.24) is 0 Å². The van der Waals surface area contributed by atoms with Gasteiger partial charge < -0.3 is 0 Å². The molecule has 0 amide bonds. The average Bonchev–Trinajstić information content (AvgIpc) is 2.27. The Bertz CT molecular complexity index is 157. The monoisotopic (exact) mass is 182 g/mol. The van der Waals surface area contributed by atoms with Crippen LogP contribution in [-0.4, -0.2) is 0 Å². The molecule has 1 fully saturated rings. The van der Waals surface area contributed by atoms with Crippen LogP contribution in [0.15, 0.2) is 0 Å². The summed E-state index contributed by atoms with van der Waals surface area (Å²) in [5, 5.41) is 0. The molecule has 1 rings (SSSR count). The molecule has 0 radical (unpaired) electrons.